The molecule has 1 saturated carbocycles. The van der Waals surface area contributed by atoms with E-state index >= 15 is 0 Å². The van der Waals surface area contributed by atoms with Gasteiger partial charge in [-0.3, -0.25) is 19.5 Å². The van der Waals surface area contributed by atoms with Crippen molar-refractivity contribution in [2.24, 2.45) is 0 Å². The summed E-state index contributed by atoms with van der Waals surface area (Å²) in [6.45, 7) is 3.99. The molecule has 1 aliphatic heterocycles. The van der Waals surface area contributed by atoms with Crippen molar-refractivity contribution in [2.75, 3.05) is 13.1 Å². The smallest absolute Gasteiger partial charge is 0.322 e. The van der Waals surface area contributed by atoms with Crippen molar-refractivity contribution < 1.29 is 9.53 Å². The van der Waals surface area contributed by atoms with Gasteiger partial charge in [0.25, 0.3) is 5.91 Å². The largest absolute Gasteiger partial charge is 0.489 e. The summed E-state index contributed by atoms with van der Waals surface area (Å²) in [4.78, 5) is 31.6. The first kappa shape index (κ1) is 22.9. The molecule has 2 aromatic carbocycles. The molecule has 0 bridgehead atoms. The maximum Gasteiger partial charge on any atom is 0.322 e. The standard InChI is InChI=1S/C27H27N5O3S/c1-16-12-18(21-4-2-3-5-23(21)28-16)15-35-20-10-6-17(7-11-20)25(33)29-24-14-32(19-8-9-19)13-22(24)26-30-31-27(34)36-26/h2-7,10-12,19,22,24H,8-9,13-15H2,1H3,(H,29,33)(H,31,34)/t22-,24+/m0/s1. The Morgan fingerprint density at radius 2 is 1.97 bits per heavy atom. The van der Waals surface area contributed by atoms with Gasteiger partial charge in [0.2, 0.25) is 0 Å². The molecule has 2 aliphatic rings. The number of benzene rings is 2. The van der Waals surface area contributed by atoms with Crippen molar-refractivity contribution in [3.63, 3.8) is 0 Å². The minimum atomic E-state index is -0.162. The predicted octanol–water partition coefficient (Wildman–Crippen LogP) is 3.63. The molecule has 4 aromatic rings. The van der Waals surface area contributed by atoms with Crippen LogP contribution in [-0.2, 0) is 6.61 Å². The molecule has 0 unspecified atom stereocenters. The molecule has 1 saturated heterocycles. The van der Waals surface area contributed by atoms with Gasteiger partial charge in [-0.15, -0.1) is 0 Å². The van der Waals surface area contributed by atoms with Crippen LogP contribution >= 0.6 is 11.3 Å². The molecule has 3 heterocycles. The van der Waals surface area contributed by atoms with Gasteiger partial charge in [-0.05, 0) is 56.2 Å². The highest BCUT2D eigenvalue weighted by Crippen LogP contribution is 2.36. The molecular formula is C27H27N5O3S. The highest BCUT2D eigenvalue weighted by atomic mass is 32.1. The first-order chi connectivity index (χ1) is 17.5. The van der Waals surface area contributed by atoms with Crippen molar-refractivity contribution in [1.29, 1.82) is 0 Å². The molecule has 36 heavy (non-hydrogen) atoms. The Morgan fingerprint density at radius 1 is 1.17 bits per heavy atom. The van der Waals surface area contributed by atoms with E-state index in [-0.39, 0.29) is 22.7 Å². The molecule has 0 spiro atoms. The number of pyridine rings is 1. The number of para-hydroxylation sites is 1. The summed E-state index contributed by atoms with van der Waals surface area (Å²) in [5.41, 5.74) is 3.56. The van der Waals surface area contributed by atoms with Crippen LogP contribution in [0.5, 0.6) is 5.75 Å². The van der Waals surface area contributed by atoms with Crippen LogP contribution < -0.4 is 14.9 Å². The minimum absolute atomic E-state index is 0.0137. The molecule has 1 amide bonds. The van der Waals surface area contributed by atoms with Gasteiger partial charge in [-0.2, -0.15) is 5.10 Å². The van der Waals surface area contributed by atoms with E-state index in [0.717, 1.165) is 51.6 Å². The molecule has 8 nitrogen and oxygen atoms in total. The number of aryl methyl sites for hydroxylation is 1. The van der Waals surface area contributed by atoms with Crippen LogP contribution in [0.3, 0.4) is 0 Å². The number of nitrogens with one attached hydrogen (secondary N) is 2. The number of hydrogen-bond acceptors (Lipinski definition) is 7. The molecule has 2 aromatic heterocycles. The molecule has 0 radical (unpaired) electrons. The zero-order valence-corrected chi connectivity index (χ0v) is 20.8. The number of nitrogens with zero attached hydrogens (tertiary/aromatic N) is 3. The number of amides is 1. The molecule has 2 N–H and O–H groups in total. The van der Waals surface area contributed by atoms with E-state index in [9.17, 15) is 9.59 Å². The SMILES string of the molecule is Cc1cc(COc2ccc(C(=O)N[C@@H]3CN(C4CC4)C[C@@H]3c3n[nH]c(=O)s3)cc2)c2ccccc2n1. The number of carbonyl (C=O) groups is 1. The average molecular weight is 502 g/mol. The second kappa shape index (κ2) is 9.48. The van der Waals surface area contributed by atoms with Crippen molar-refractivity contribution in [2.45, 2.75) is 44.4 Å². The Hall–Kier alpha value is -3.56. The summed E-state index contributed by atoms with van der Waals surface area (Å²) >= 11 is 1.13. The van der Waals surface area contributed by atoms with Crippen molar-refractivity contribution >= 4 is 28.1 Å². The number of likely N-dealkylation sites (tertiary alicyclic amines) is 1. The van der Waals surface area contributed by atoms with Gasteiger partial charge in [-0.25, -0.2) is 5.10 Å². The van der Waals surface area contributed by atoms with Crippen molar-refractivity contribution in [3.05, 3.63) is 86.1 Å². The average Bonchev–Trinajstić information content (AvgIpc) is 3.52. The van der Waals surface area contributed by atoms with Gasteiger partial charge in [0.1, 0.15) is 17.4 Å². The number of aromatic amines is 1. The first-order valence-corrected chi connectivity index (χ1v) is 13.0. The van der Waals surface area contributed by atoms with E-state index in [1.165, 1.54) is 12.8 Å². The number of fused-ring (bicyclic) bond motifs is 1. The number of carbonyl (C=O) groups excluding carboxylic acids is 1. The molecule has 1 aliphatic carbocycles. The fourth-order valence-corrected chi connectivity index (χ4v) is 5.76. The van der Waals surface area contributed by atoms with Crippen molar-refractivity contribution in [3.8, 4) is 5.75 Å². The Balaban J connectivity index is 1.12. The first-order valence-electron chi connectivity index (χ1n) is 12.2. The van der Waals surface area contributed by atoms with E-state index in [1.807, 2.05) is 43.3 Å². The normalized spacial score (nSPS) is 20.0. The van der Waals surface area contributed by atoms with E-state index in [2.05, 4.69) is 31.5 Å². The van der Waals surface area contributed by atoms with Gasteiger partial charge < -0.3 is 10.1 Å². The van der Waals surface area contributed by atoms with E-state index in [1.54, 1.807) is 12.1 Å². The quantitative estimate of drug-likeness (QED) is 0.401. The summed E-state index contributed by atoms with van der Waals surface area (Å²) in [6.07, 6.45) is 2.39. The Labute approximate surface area is 212 Å². The number of ether oxygens (including phenoxy) is 1. The van der Waals surface area contributed by atoms with Crippen LogP contribution in [0.15, 0.2) is 59.4 Å². The third-order valence-electron chi connectivity index (χ3n) is 6.94. The lowest BCUT2D eigenvalue weighted by molar-refractivity contribution is 0.0934. The van der Waals surface area contributed by atoms with Crippen molar-refractivity contribution in [1.82, 2.24) is 25.4 Å². The summed E-state index contributed by atoms with van der Waals surface area (Å²) in [5, 5.41) is 11.8. The number of rotatable bonds is 7. The van der Waals surface area contributed by atoms with Gasteiger partial charge in [0.15, 0.2) is 0 Å². The fraction of sp³-hybridized carbons (Fsp3) is 0.333. The Kier molecular flexibility index (Phi) is 6.02. The van der Waals surface area contributed by atoms with E-state index in [4.69, 9.17) is 4.74 Å². The molecule has 6 rings (SSSR count). The number of H-pyrrole nitrogens is 1. The van der Waals surface area contributed by atoms with Crippen LogP contribution in [0.2, 0.25) is 0 Å². The van der Waals surface area contributed by atoms with Gasteiger partial charge in [0, 0.05) is 47.3 Å². The fourth-order valence-electron chi connectivity index (χ4n) is 5.00. The third kappa shape index (κ3) is 4.76. The lowest BCUT2D eigenvalue weighted by Crippen LogP contribution is -2.40. The van der Waals surface area contributed by atoms with Gasteiger partial charge in [-0.1, -0.05) is 29.5 Å². The van der Waals surface area contributed by atoms with Crippen LogP contribution in [0.25, 0.3) is 10.9 Å². The van der Waals surface area contributed by atoms with Crippen LogP contribution in [0.4, 0.5) is 0 Å². The van der Waals surface area contributed by atoms with Gasteiger partial charge in [0.05, 0.1) is 11.6 Å². The highest BCUT2D eigenvalue weighted by molar-refractivity contribution is 7.08. The van der Waals surface area contributed by atoms with E-state index < -0.39 is 0 Å². The minimum Gasteiger partial charge on any atom is -0.489 e. The summed E-state index contributed by atoms with van der Waals surface area (Å²) in [6, 6.07) is 17.8. The third-order valence-corrected chi connectivity index (χ3v) is 7.82. The zero-order chi connectivity index (χ0) is 24.6. The highest BCUT2D eigenvalue weighted by Gasteiger charge is 2.42. The molecule has 9 heteroatoms. The maximum atomic E-state index is 13.1. The summed E-state index contributed by atoms with van der Waals surface area (Å²) in [5.74, 6) is 0.581. The lowest BCUT2D eigenvalue weighted by atomic mass is 10.0. The number of aromatic nitrogens is 3. The second-order valence-electron chi connectivity index (χ2n) is 9.58. The van der Waals surface area contributed by atoms with Crippen LogP contribution in [0.1, 0.15) is 45.4 Å². The summed E-state index contributed by atoms with van der Waals surface area (Å²) < 4.78 is 6.04. The molecule has 2 fully saturated rings. The van der Waals surface area contributed by atoms with Crippen LogP contribution in [0, 0.1) is 6.92 Å². The Morgan fingerprint density at radius 3 is 2.72 bits per heavy atom. The summed E-state index contributed by atoms with van der Waals surface area (Å²) in [7, 11) is 0. The zero-order valence-electron chi connectivity index (χ0n) is 19.9. The molecular weight excluding hydrogens is 474 g/mol. The van der Waals surface area contributed by atoms with E-state index in [0.29, 0.717) is 24.0 Å². The Bertz CT molecular complexity index is 1460. The second-order valence-corrected chi connectivity index (χ2v) is 10.6. The lowest BCUT2D eigenvalue weighted by Gasteiger charge is -2.18. The monoisotopic (exact) mass is 501 g/mol. The number of hydrogen-bond donors (Lipinski definition) is 2. The van der Waals surface area contributed by atoms with Crippen LogP contribution in [-0.4, -0.2) is 51.2 Å². The topological polar surface area (TPSA) is 100 Å². The maximum absolute atomic E-state index is 13.1. The van der Waals surface area contributed by atoms with Gasteiger partial charge >= 0.3 is 4.87 Å². The predicted molar refractivity (Wildman–Crippen MR) is 139 cm³/mol. The molecule has 2 atom stereocenters. The molecule has 184 valence electrons.